The smallest absolute Gasteiger partial charge is 0.175 e. The molecule has 15 heavy (non-hydrogen) atoms. The molecule has 2 aliphatic rings. The molecular weight excluding hydrogens is 276 g/mol. The molecule has 0 aromatic carbocycles. The van der Waals surface area contributed by atoms with Crippen LogP contribution in [0.3, 0.4) is 0 Å². The molecule has 0 bridgehead atoms. The van der Waals surface area contributed by atoms with Crippen molar-refractivity contribution in [2.75, 3.05) is 6.26 Å². The summed E-state index contributed by atoms with van der Waals surface area (Å²) in [5.41, 5.74) is 1.94. The van der Waals surface area contributed by atoms with E-state index < -0.39 is 9.84 Å². The van der Waals surface area contributed by atoms with E-state index in [1.165, 1.54) is 6.26 Å². The molecule has 0 aromatic rings. The van der Waals surface area contributed by atoms with Gasteiger partial charge in [-0.15, -0.1) is 0 Å². The second-order valence-electron chi connectivity index (χ2n) is 3.39. The largest absolute Gasteiger partial charge is 0.224 e. The first-order valence-corrected chi connectivity index (χ1v) is 7.05. The molecule has 0 radical (unpaired) electrons. The Labute approximate surface area is 97.3 Å². The van der Waals surface area contributed by atoms with Gasteiger partial charge in [-0.3, -0.25) is 0 Å². The summed E-state index contributed by atoms with van der Waals surface area (Å²) in [7, 11) is -3.15. The molecule has 2 nitrogen and oxygen atoms in total. The second kappa shape index (κ2) is 3.61. The van der Waals surface area contributed by atoms with Crippen molar-refractivity contribution in [3.63, 3.8) is 0 Å². The maximum absolute atomic E-state index is 11.4. The van der Waals surface area contributed by atoms with Crippen LogP contribution in [0.1, 0.15) is 0 Å². The third kappa shape index (κ3) is 2.06. The molecular formula is C11H9BrO2S. The number of fused-ring (bicyclic) bond motifs is 1. The maximum atomic E-state index is 11.4. The number of hydrogen-bond acceptors (Lipinski definition) is 2. The Kier molecular flexibility index (Phi) is 2.56. The first kappa shape index (κ1) is 10.6. The number of rotatable bonds is 1. The number of halogens is 1. The lowest BCUT2D eigenvalue weighted by Gasteiger charge is -1.95. The van der Waals surface area contributed by atoms with Gasteiger partial charge in [-0.2, -0.15) is 0 Å². The average Bonchev–Trinajstić information content (AvgIpc) is 2.52. The first-order chi connectivity index (χ1) is 6.98. The highest BCUT2D eigenvalue weighted by atomic mass is 79.9. The molecule has 0 saturated carbocycles. The van der Waals surface area contributed by atoms with Crippen molar-refractivity contribution in [1.82, 2.24) is 0 Å². The van der Waals surface area contributed by atoms with Gasteiger partial charge in [0.2, 0.25) is 0 Å². The van der Waals surface area contributed by atoms with Gasteiger partial charge in [-0.05, 0) is 29.3 Å². The molecule has 2 aliphatic carbocycles. The second-order valence-corrected chi connectivity index (χ2v) is 6.27. The summed E-state index contributed by atoms with van der Waals surface area (Å²) in [4.78, 5) is 0.337. The van der Waals surface area contributed by atoms with Crippen LogP contribution in [0.15, 0.2) is 45.8 Å². The zero-order valence-corrected chi connectivity index (χ0v) is 10.5. The van der Waals surface area contributed by atoms with E-state index in [0.29, 0.717) is 4.90 Å². The predicted octanol–water partition coefficient (Wildman–Crippen LogP) is 2.96. The van der Waals surface area contributed by atoms with E-state index in [4.69, 9.17) is 0 Å². The molecule has 0 heterocycles. The van der Waals surface area contributed by atoms with Crippen LogP contribution in [0.4, 0.5) is 0 Å². The molecule has 0 N–H and O–H groups in total. The fourth-order valence-corrected chi connectivity index (χ4v) is 2.60. The van der Waals surface area contributed by atoms with Gasteiger partial charge in [0.25, 0.3) is 0 Å². The van der Waals surface area contributed by atoms with E-state index in [1.807, 2.05) is 18.2 Å². The summed E-state index contributed by atoms with van der Waals surface area (Å²) in [5.74, 6) is 0. The van der Waals surface area contributed by atoms with Crippen LogP contribution in [0, 0.1) is 0 Å². The minimum absolute atomic E-state index is 0.337. The van der Waals surface area contributed by atoms with E-state index >= 15 is 0 Å². The zero-order chi connectivity index (χ0) is 11.1. The van der Waals surface area contributed by atoms with Crippen LogP contribution in [0.2, 0.25) is 0 Å². The standard InChI is InChI=1S/C11H9BrO2S/c1-15(13,14)9-5-6-11(12)10-4-2-3-8(10)7-9/h2-7H,1H3. The summed E-state index contributed by atoms with van der Waals surface area (Å²) in [6.45, 7) is 0. The minimum Gasteiger partial charge on any atom is -0.224 e. The van der Waals surface area contributed by atoms with Gasteiger partial charge in [0.05, 0.1) is 4.90 Å². The molecule has 0 spiro atoms. The topological polar surface area (TPSA) is 34.1 Å². The quantitative estimate of drug-likeness (QED) is 0.807. The van der Waals surface area contributed by atoms with E-state index in [1.54, 1.807) is 18.2 Å². The molecule has 0 aliphatic heterocycles. The molecule has 0 atom stereocenters. The third-order valence-corrected chi connectivity index (χ3v) is 4.03. The molecule has 0 aromatic heterocycles. The van der Waals surface area contributed by atoms with E-state index in [9.17, 15) is 8.42 Å². The fraction of sp³-hybridized carbons (Fsp3) is 0.0909. The van der Waals surface area contributed by atoms with Crippen molar-refractivity contribution in [2.45, 2.75) is 4.90 Å². The SMILES string of the molecule is CS(=O)(=O)c1ccc(Br)c2cccc-2c1. The van der Waals surface area contributed by atoms with Crippen LogP contribution in [0.5, 0.6) is 0 Å². The summed E-state index contributed by atoms with van der Waals surface area (Å²) in [6, 6.07) is 10.8. The summed E-state index contributed by atoms with van der Waals surface area (Å²) >= 11 is 3.41. The molecule has 4 heteroatoms. The Hall–Kier alpha value is -0.870. The van der Waals surface area contributed by atoms with Gasteiger partial charge in [-0.1, -0.05) is 34.1 Å². The Morgan fingerprint density at radius 3 is 2.53 bits per heavy atom. The fourth-order valence-electron chi connectivity index (χ4n) is 1.45. The van der Waals surface area contributed by atoms with Gasteiger partial charge < -0.3 is 0 Å². The van der Waals surface area contributed by atoms with Crippen molar-refractivity contribution >= 4 is 25.8 Å². The highest BCUT2D eigenvalue weighted by molar-refractivity contribution is 9.10. The van der Waals surface area contributed by atoms with E-state index in [0.717, 1.165) is 15.6 Å². The number of hydrogen-bond donors (Lipinski definition) is 0. The van der Waals surface area contributed by atoms with Crippen LogP contribution >= 0.6 is 15.9 Å². The molecule has 0 amide bonds. The lowest BCUT2D eigenvalue weighted by molar-refractivity contribution is 0.602. The lowest BCUT2D eigenvalue weighted by atomic mass is 10.2. The van der Waals surface area contributed by atoms with Crippen LogP contribution in [0.25, 0.3) is 11.1 Å². The van der Waals surface area contributed by atoms with Crippen LogP contribution < -0.4 is 0 Å². The molecule has 0 unspecified atom stereocenters. The Bertz CT molecular complexity index is 575. The summed E-state index contributed by atoms with van der Waals surface area (Å²) < 4.78 is 23.8. The van der Waals surface area contributed by atoms with E-state index in [-0.39, 0.29) is 0 Å². The van der Waals surface area contributed by atoms with Gasteiger partial charge in [0.15, 0.2) is 9.84 Å². The van der Waals surface area contributed by atoms with Crippen molar-refractivity contribution in [1.29, 1.82) is 0 Å². The van der Waals surface area contributed by atoms with Crippen molar-refractivity contribution in [3.05, 3.63) is 40.9 Å². The molecule has 0 fully saturated rings. The maximum Gasteiger partial charge on any atom is 0.175 e. The van der Waals surface area contributed by atoms with Gasteiger partial charge in [-0.25, -0.2) is 8.42 Å². The average molecular weight is 285 g/mol. The van der Waals surface area contributed by atoms with E-state index in [2.05, 4.69) is 15.9 Å². The normalized spacial score (nSPS) is 11.9. The van der Waals surface area contributed by atoms with Gasteiger partial charge in [0, 0.05) is 10.7 Å². The highest BCUT2D eigenvalue weighted by Gasteiger charge is 2.10. The van der Waals surface area contributed by atoms with Crippen LogP contribution in [-0.4, -0.2) is 14.7 Å². The van der Waals surface area contributed by atoms with Crippen LogP contribution in [-0.2, 0) is 9.84 Å². The number of sulfone groups is 1. The molecule has 0 saturated heterocycles. The summed E-state index contributed by atoms with van der Waals surface area (Å²) in [5, 5.41) is 0. The third-order valence-electron chi connectivity index (χ3n) is 2.23. The van der Waals surface area contributed by atoms with Gasteiger partial charge in [0.1, 0.15) is 0 Å². The lowest BCUT2D eigenvalue weighted by Crippen LogP contribution is -1.94. The Balaban J connectivity index is 2.78. The molecule has 78 valence electrons. The minimum atomic E-state index is -3.15. The van der Waals surface area contributed by atoms with Crippen molar-refractivity contribution < 1.29 is 8.42 Å². The van der Waals surface area contributed by atoms with Crippen molar-refractivity contribution in [2.24, 2.45) is 0 Å². The predicted molar refractivity (Wildman–Crippen MR) is 63.9 cm³/mol. The Morgan fingerprint density at radius 2 is 1.87 bits per heavy atom. The zero-order valence-electron chi connectivity index (χ0n) is 8.07. The summed E-state index contributed by atoms with van der Waals surface area (Å²) in [6.07, 6.45) is 1.21. The highest BCUT2D eigenvalue weighted by Crippen LogP contribution is 2.31. The monoisotopic (exact) mass is 284 g/mol. The first-order valence-electron chi connectivity index (χ1n) is 4.37. The van der Waals surface area contributed by atoms with Gasteiger partial charge >= 0.3 is 0 Å². The van der Waals surface area contributed by atoms with Crippen molar-refractivity contribution in [3.8, 4) is 11.1 Å². The Morgan fingerprint density at radius 1 is 1.13 bits per heavy atom. The molecule has 2 rings (SSSR count).